The summed E-state index contributed by atoms with van der Waals surface area (Å²) in [6.45, 7) is 10.6. The van der Waals surface area contributed by atoms with Gasteiger partial charge in [0.25, 0.3) is 0 Å². The zero-order chi connectivity index (χ0) is 11.1. The molecule has 0 radical (unpaired) electrons. The Balaban J connectivity index is 1.72. The summed E-state index contributed by atoms with van der Waals surface area (Å²) in [6, 6.07) is 0. The molecular weight excluding hydrogens is 240 g/mol. The van der Waals surface area contributed by atoms with Crippen LogP contribution in [0.3, 0.4) is 0 Å². The van der Waals surface area contributed by atoms with Gasteiger partial charge in [0.15, 0.2) is 0 Å². The zero-order valence-corrected chi connectivity index (χ0v) is 12.8. The van der Waals surface area contributed by atoms with Gasteiger partial charge >= 0.3 is 89.6 Å². The standard InChI is InChI=1S/2C8H11.Ti/c2*1-7(2)8-5-3-4-6-8;/h2*3-7H,1-2H3;. The first-order valence-electron chi connectivity index (χ1n) is 8.85. The van der Waals surface area contributed by atoms with Gasteiger partial charge in [0.2, 0.25) is 0 Å². The van der Waals surface area contributed by atoms with Crippen molar-refractivity contribution in [3.05, 3.63) is 0 Å². The van der Waals surface area contributed by atoms with E-state index < -0.39 is 8.89 Å². The van der Waals surface area contributed by atoms with Crippen molar-refractivity contribution >= 4 is 0 Å². The minimum absolute atomic E-state index is 1.11. The van der Waals surface area contributed by atoms with E-state index >= 15 is 0 Å². The first kappa shape index (κ1) is 6.93. The monoisotopic (exact) mass is 262 g/mol. The van der Waals surface area contributed by atoms with Gasteiger partial charge in [-0.15, -0.1) is 0 Å². The molecule has 10 fully saturated rings. The molecule has 10 heterocycles. The van der Waals surface area contributed by atoms with Crippen LogP contribution < -0.4 is 0 Å². The first-order valence-corrected chi connectivity index (χ1v) is 17.6. The molecule has 8 unspecified atom stereocenters. The van der Waals surface area contributed by atoms with Crippen LogP contribution in [0, 0.1) is 11.8 Å². The van der Waals surface area contributed by atoms with Crippen LogP contribution in [0.25, 0.3) is 0 Å². The molecule has 8 atom stereocenters. The molecule has 90 valence electrons. The predicted molar refractivity (Wildman–Crippen MR) is 65.1 cm³/mol. The third-order valence-electron chi connectivity index (χ3n) is 22.6. The van der Waals surface area contributed by atoms with Crippen molar-refractivity contribution in [2.75, 3.05) is 0 Å². The van der Waals surface area contributed by atoms with Crippen LogP contribution in [-0.2, 0) is 8.89 Å². The third-order valence-corrected chi connectivity index (χ3v) is 84.8. The van der Waals surface area contributed by atoms with Crippen molar-refractivity contribution in [2.45, 2.75) is 68.9 Å². The van der Waals surface area contributed by atoms with Gasteiger partial charge in [0.1, 0.15) is 0 Å². The average molecular weight is 262 g/mol. The molecular formula is C16H22Ti. The van der Waals surface area contributed by atoms with Crippen LogP contribution >= 0.6 is 0 Å². The molecule has 10 rings (SSSR count). The summed E-state index contributed by atoms with van der Waals surface area (Å²) in [5, 5.41) is 0. The molecule has 0 N–H and O–H groups in total. The van der Waals surface area contributed by atoms with Crippen LogP contribution in [-0.4, -0.2) is 0 Å². The Morgan fingerprint density at radius 1 is 0.647 bits per heavy atom. The molecule has 0 amide bonds. The van der Waals surface area contributed by atoms with Gasteiger partial charge in [-0.1, -0.05) is 0 Å². The van der Waals surface area contributed by atoms with Crippen molar-refractivity contribution in [2.24, 2.45) is 11.8 Å². The van der Waals surface area contributed by atoms with Gasteiger partial charge in [-0.2, -0.15) is 0 Å². The summed E-state index contributed by atoms with van der Waals surface area (Å²) in [6.07, 6.45) is 0. The Bertz CT molecular complexity index is 906. The number of hydrogen-bond acceptors (Lipinski definition) is 0. The van der Waals surface area contributed by atoms with E-state index in [-0.39, 0.29) is 0 Å². The van der Waals surface area contributed by atoms with Crippen LogP contribution in [0.4, 0.5) is 0 Å². The Hall–Kier alpha value is 0.714. The van der Waals surface area contributed by atoms with Gasteiger partial charge in [0.05, 0.1) is 0 Å². The first-order chi connectivity index (χ1) is 7.82. The summed E-state index contributed by atoms with van der Waals surface area (Å²) in [5.74, 6) is 2.23. The summed E-state index contributed by atoms with van der Waals surface area (Å²) >= 11 is 0. The van der Waals surface area contributed by atoms with E-state index in [1.54, 1.807) is 0 Å². The van der Waals surface area contributed by atoms with Gasteiger partial charge in [0, 0.05) is 0 Å². The molecule has 10 aliphatic heterocycles. The molecule has 0 aromatic carbocycles. The number of fused-ring (bicyclic) bond motifs is 10. The SMILES string of the molecule is CC(C)[C]12[CH]3[CH]4[CH]5[CH]1[Ti]45321678[CH]2[CH]1[CH]6[C]7(C(C)C)[CH]28. The Labute approximate surface area is 89.4 Å². The molecule has 0 aromatic rings. The molecule has 0 saturated carbocycles. The maximum atomic E-state index is 2.65. The van der Waals surface area contributed by atoms with Crippen LogP contribution in [0.1, 0.15) is 27.7 Å². The summed E-state index contributed by atoms with van der Waals surface area (Å²) in [7, 11) is -3.29. The Morgan fingerprint density at radius 2 is 0.941 bits per heavy atom. The van der Waals surface area contributed by atoms with E-state index in [2.05, 4.69) is 27.7 Å². The molecule has 0 aromatic heterocycles. The normalized spacial score (nSPS) is 124. The van der Waals surface area contributed by atoms with Crippen molar-refractivity contribution in [1.29, 1.82) is 0 Å². The second kappa shape index (κ2) is 0.536. The molecule has 0 aliphatic carbocycles. The van der Waals surface area contributed by atoms with E-state index in [4.69, 9.17) is 0 Å². The van der Waals surface area contributed by atoms with Crippen molar-refractivity contribution < 1.29 is 8.89 Å². The number of rotatable bonds is 2. The third kappa shape index (κ3) is 0.0635. The van der Waals surface area contributed by atoms with Gasteiger partial charge < -0.3 is 0 Å². The van der Waals surface area contributed by atoms with E-state index in [0.29, 0.717) is 0 Å². The van der Waals surface area contributed by atoms with Gasteiger partial charge in [-0.05, 0) is 0 Å². The zero-order valence-electron chi connectivity index (χ0n) is 11.3. The van der Waals surface area contributed by atoms with Crippen LogP contribution in [0.15, 0.2) is 0 Å². The molecule has 10 aliphatic rings. The fraction of sp³-hybridized carbons (Fsp3) is 1.00. The second-order valence-electron chi connectivity index (χ2n) is 15.3. The molecule has 1 spiro atoms. The fourth-order valence-corrected chi connectivity index (χ4v) is 160. The van der Waals surface area contributed by atoms with Crippen molar-refractivity contribution in [3.63, 3.8) is 0 Å². The quantitative estimate of drug-likeness (QED) is 0.582. The molecule has 1 heteroatoms. The van der Waals surface area contributed by atoms with Crippen LogP contribution in [0.5, 0.6) is 0 Å². The van der Waals surface area contributed by atoms with E-state index in [0.717, 1.165) is 19.3 Å². The predicted octanol–water partition coefficient (Wildman–Crippen LogP) is 5.43. The average Bonchev–Trinajstić information content (AvgIpc) is 3.22. The summed E-state index contributed by atoms with van der Waals surface area (Å²) in [4.78, 5) is 0. The Morgan fingerprint density at radius 3 is 1.06 bits per heavy atom. The topological polar surface area (TPSA) is 0 Å². The van der Waals surface area contributed by atoms with E-state index in [1.807, 2.05) is 0 Å². The molecule has 10 saturated heterocycles. The molecule has 0 nitrogen and oxygen atoms in total. The summed E-state index contributed by atoms with van der Waals surface area (Å²) in [5.41, 5.74) is 0. The molecule has 0 bridgehead atoms. The van der Waals surface area contributed by atoms with Crippen molar-refractivity contribution in [1.82, 2.24) is 0 Å². The summed E-state index contributed by atoms with van der Waals surface area (Å²) < 4.78 is 14.5. The number of hydrogen-bond donors (Lipinski definition) is 0. The fourth-order valence-electron chi connectivity index (χ4n) is 28.9. The molecule has 17 heavy (non-hydrogen) atoms. The van der Waals surface area contributed by atoms with Gasteiger partial charge in [-0.3, -0.25) is 0 Å². The minimum atomic E-state index is -3.29. The van der Waals surface area contributed by atoms with E-state index in [1.165, 1.54) is 33.8 Å². The van der Waals surface area contributed by atoms with Crippen LogP contribution in [0.2, 0.25) is 41.2 Å². The second-order valence-corrected chi connectivity index (χ2v) is 48.2. The van der Waals surface area contributed by atoms with E-state index in [9.17, 15) is 0 Å². The van der Waals surface area contributed by atoms with Crippen molar-refractivity contribution in [3.8, 4) is 0 Å². The van der Waals surface area contributed by atoms with Gasteiger partial charge in [-0.25, -0.2) is 0 Å². The Kier molecular flexibility index (Phi) is 0.219. The maximum absolute atomic E-state index is 3.29.